The molecule has 0 saturated carbocycles. The van der Waals surface area contributed by atoms with E-state index in [1.807, 2.05) is 41.8 Å². The molecule has 0 aliphatic heterocycles. The highest BCUT2D eigenvalue weighted by molar-refractivity contribution is 7.09. The first-order valence-corrected chi connectivity index (χ1v) is 7.38. The molecule has 1 aromatic carbocycles. The second-order valence-corrected chi connectivity index (χ2v) is 5.82. The molecule has 4 heteroatoms. The Morgan fingerprint density at radius 2 is 1.95 bits per heavy atom. The van der Waals surface area contributed by atoms with Gasteiger partial charge in [-0.3, -0.25) is 4.79 Å². The molecule has 3 nitrogen and oxygen atoms in total. The maximum absolute atomic E-state index is 12.4. The van der Waals surface area contributed by atoms with Gasteiger partial charge < -0.3 is 9.67 Å². The third-order valence-corrected chi connectivity index (χ3v) is 4.51. The van der Waals surface area contributed by atoms with E-state index in [2.05, 4.69) is 0 Å². The molecule has 0 radical (unpaired) electrons. The van der Waals surface area contributed by atoms with Crippen molar-refractivity contribution in [2.24, 2.45) is 7.05 Å². The fourth-order valence-corrected chi connectivity index (χ4v) is 3.18. The number of aryl methyl sites for hydroxylation is 2. The predicted octanol–water partition coefficient (Wildman–Crippen LogP) is 3.09. The molecule has 0 atom stereocenters. The van der Waals surface area contributed by atoms with Crippen LogP contribution in [0.4, 0.5) is 0 Å². The average Bonchev–Trinajstić information content (AvgIpc) is 2.98. The van der Waals surface area contributed by atoms with Crippen LogP contribution in [0.3, 0.4) is 0 Å². The fourth-order valence-electron chi connectivity index (χ4n) is 2.47. The molecule has 0 spiro atoms. The van der Waals surface area contributed by atoms with Crippen molar-refractivity contribution >= 4 is 22.2 Å². The lowest BCUT2D eigenvalue weighted by atomic mass is 10.1. The number of benzene rings is 1. The molecule has 0 unspecified atom stereocenters. The van der Waals surface area contributed by atoms with Crippen LogP contribution >= 0.6 is 11.3 Å². The first-order chi connectivity index (χ1) is 9.68. The monoisotopic (exact) mass is 285 g/mol. The van der Waals surface area contributed by atoms with E-state index in [4.69, 9.17) is 0 Å². The van der Waals surface area contributed by atoms with Gasteiger partial charge in [-0.05, 0) is 36.4 Å². The van der Waals surface area contributed by atoms with Crippen LogP contribution in [-0.2, 0) is 19.9 Å². The van der Waals surface area contributed by atoms with Gasteiger partial charge in [0.1, 0.15) is 5.75 Å². The third-order valence-electron chi connectivity index (χ3n) is 3.57. The lowest BCUT2D eigenvalue weighted by molar-refractivity contribution is 0.471. The summed E-state index contributed by atoms with van der Waals surface area (Å²) in [5.41, 5.74) is 1.15. The van der Waals surface area contributed by atoms with Gasteiger partial charge in [-0.25, -0.2) is 0 Å². The van der Waals surface area contributed by atoms with Crippen molar-refractivity contribution in [3.8, 4) is 5.75 Å². The molecule has 1 N–H and O–H groups in total. The minimum atomic E-state index is -0.113. The minimum absolute atomic E-state index is 0.113. The molecule has 2 aromatic heterocycles. The molecule has 3 rings (SSSR count). The van der Waals surface area contributed by atoms with Crippen molar-refractivity contribution < 1.29 is 5.11 Å². The Morgan fingerprint density at radius 3 is 2.70 bits per heavy atom. The normalized spacial score (nSPS) is 11.1. The molecule has 0 aliphatic rings. The SMILES string of the molecule is Cn1c(=O)c(CCc2cccs2)c(O)c2ccccc21. The number of aromatic nitrogens is 1. The molecular formula is C16H15NO2S. The van der Waals surface area contributed by atoms with Gasteiger partial charge in [-0.2, -0.15) is 0 Å². The predicted molar refractivity (Wildman–Crippen MR) is 82.6 cm³/mol. The van der Waals surface area contributed by atoms with Gasteiger partial charge in [0.15, 0.2) is 0 Å². The van der Waals surface area contributed by atoms with E-state index in [9.17, 15) is 9.90 Å². The molecule has 0 aliphatic carbocycles. The number of para-hydroxylation sites is 1. The Balaban J connectivity index is 2.08. The van der Waals surface area contributed by atoms with Crippen molar-refractivity contribution in [2.75, 3.05) is 0 Å². The summed E-state index contributed by atoms with van der Waals surface area (Å²) in [4.78, 5) is 13.6. The molecule has 0 fully saturated rings. The lowest BCUT2D eigenvalue weighted by Crippen LogP contribution is -2.22. The van der Waals surface area contributed by atoms with E-state index in [0.717, 1.165) is 17.3 Å². The number of thiophene rings is 1. The third kappa shape index (κ3) is 2.12. The van der Waals surface area contributed by atoms with Crippen molar-refractivity contribution in [3.63, 3.8) is 0 Å². The Labute approximate surface area is 120 Å². The molecule has 102 valence electrons. The van der Waals surface area contributed by atoms with E-state index >= 15 is 0 Å². The average molecular weight is 285 g/mol. The number of hydrogen-bond donors (Lipinski definition) is 1. The lowest BCUT2D eigenvalue weighted by Gasteiger charge is -2.11. The van der Waals surface area contributed by atoms with Crippen LogP contribution in [0.1, 0.15) is 10.4 Å². The van der Waals surface area contributed by atoms with Crippen molar-refractivity contribution in [2.45, 2.75) is 12.8 Å². The van der Waals surface area contributed by atoms with Crippen LogP contribution in [-0.4, -0.2) is 9.67 Å². The van der Waals surface area contributed by atoms with Gasteiger partial charge in [0.05, 0.1) is 11.1 Å². The van der Waals surface area contributed by atoms with E-state index < -0.39 is 0 Å². The Morgan fingerprint density at radius 1 is 1.15 bits per heavy atom. The van der Waals surface area contributed by atoms with Crippen molar-refractivity contribution in [1.29, 1.82) is 0 Å². The zero-order valence-electron chi connectivity index (χ0n) is 11.2. The number of rotatable bonds is 3. The van der Waals surface area contributed by atoms with E-state index in [0.29, 0.717) is 12.0 Å². The van der Waals surface area contributed by atoms with Crippen molar-refractivity contribution in [1.82, 2.24) is 4.57 Å². The van der Waals surface area contributed by atoms with Crippen LogP contribution in [0.25, 0.3) is 10.9 Å². The van der Waals surface area contributed by atoms with E-state index in [1.54, 1.807) is 23.0 Å². The standard InChI is InChI=1S/C16H15NO2S/c1-17-14-7-3-2-6-12(14)15(18)13(16(17)19)9-8-11-5-4-10-20-11/h2-7,10,18H,8-9H2,1H3. The van der Waals surface area contributed by atoms with Crippen LogP contribution in [0, 0.1) is 0 Å². The summed E-state index contributed by atoms with van der Waals surface area (Å²) in [6.07, 6.45) is 1.34. The molecule has 20 heavy (non-hydrogen) atoms. The number of aromatic hydroxyl groups is 1. The highest BCUT2D eigenvalue weighted by Gasteiger charge is 2.14. The first-order valence-electron chi connectivity index (χ1n) is 6.50. The van der Waals surface area contributed by atoms with Gasteiger partial charge in [0, 0.05) is 17.3 Å². The number of hydrogen-bond acceptors (Lipinski definition) is 3. The second-order valence-electron chi connectivity index (χ2n) is 4.79. The zero-order chi connectivity index (χ0) is 14.1. The summed E-state index contributed by atoms with van der Waals surface area (Å²) in [5.74, 6) is 0.125. The van der Waals surface area contributed by atoms with Crippen LogP contribution in [0.15, 0.2) is 46.6 Å². The molecule has 0 bridgehead atoms. The van der Waals surface area contributed by atoms with Crippen LogP contribution in [0.2, 0.25) is 0 Å². The van der Waals surface area contributed by atoms with Gasteiger partial charge in [0.2, 0.25) is 0 Å². The highest BCUT2D eigenvalue weighted by Crippen LogP contribution is 2.26. The van der Waals surface area contributed by atoms with Gasteiger partial charge in [0.25, 0.3) is 5.56 Å². The largest absolute Gasteiger partial charge is 0.507 e. The topological polar surface area (TPSA) is 42.2 Å². The summed E-state index contributed by atoms with van der Waals surface area (Å²) in [6.45, 7) is 0. The first kappa shape index (κ1) is 12.9. The Kier molecular flexibility index (Phi) is 3.32. The van der Waals surface area contributed by atoms with E-state index in [-0.39, 0.29) is 11.3 Å². The fraction of sp³-hybridized carbons (Fsp3) is 0.188. The van der Waals surface area contributed by atoms with Crippen LogP contribution in [0.5, 0.6) is 5.75 Å². The van der Waals surface area contributed by atoms with Gasteiger partial charge >= 0.3 is 0 Å². The number of pyridine rings is 1. The summed E-state index contributed by atoms with van der Waals surface area (Å²) in [7, 11) is 1.75. The molecule has 0 amide bonds. The number of fused-ring (bicyclic) bond motifs is 1. The maximum atomic E-state index is 12.4. The zero-order valence-corrected chi connectivity index (χ0v) is 12.0. The Hall–Kier alpha value is -2.07. The van der Waals surface area contributed by atoms with E-state index in [1.165, 1.54) is 4.88 Å². The smallest absolute Gasteiger partial charge is 0.257 e. The number of nitrogens with zero attached hydrogens (tertiary/aromatic N) is 1. The highest BCUT2D eigenvalue weighted by atomic mass is 32.1. The summed E-state index contributed by atoms with van der Waals surface area (Å²) in [5, 5.41) is 13.1. The molecule has 2 heterocycles. The summed E-state index contributed by atoms with van der Waals surface area (Å²) < 4.78 is 1.61. The minimum Gasteiger partial charge on any atom is -0.507 e. The summed E-state index contributed by atoms with van der Waals surface area (Å²) in [6, 6.07) is 11.5. The Bertz CT molecular complexity index is 803. The summed E-state index contributed by atoms with van der Waals surface area (Å²) >= 11 is 1.67. The molecule has 3 aromatic rings. The second kappa shape index (κ2) is 5.13. The molecular weight excluding hydrogens is 270 g/mol. The van der Waals surface area contributed by atoms with Crippen LogP contribution < -0.4 is 5.56 Å². The van der Waals surface area contributed by atoms with Gasteiger partial charge in [-0.15, -0.1) is 11.3 Å². The quantitative estimate of drug-likeness (QED) is 0.803. The maximum Gasteiger partial charge on any atom is 0.257 e. The molecule has 0 saturated heterocycles. The van der Waals surface area contributed by atoms with Gasteiger partial charge in [-0.1, -0.05) is 18.2 Å². The van der Waals surface area contributed by atoms with Crippen molar-refractivity contribution in [3.05, 3.63) is 62.6 Å².